The number of aromatic nitrogens is 2. The number of carbonyl (C=O) groups excluding carboxylic acids is 1. The van der Waals surface area contributed by atoms with E-state index in [-0.39, 0.29) is 15.1 Å². The fraction of sp³-hybridized carbons (Fsp3) is 0.500. The molecule has 1 aromatic heterocycles. The second-order valence-corrected chi connectivity index (χ2v) is 5.79. The van der Waals surface area contributed by atoms with Crippen LogP contribution in [0.1, 0.15) is 16.7 Å². The highest BCUT2D eigenvalue weighted by molar-refractivity contribution is 7.93. The quantitative estimate of drug-likeness (QED) is 0.776. The highest BCUT2D eigenvalue weighted by Gasteiger charge is 2.20. The molecule has 0 aliphatic heterocycles. The summed E-state index contributed by atoms with van der Waals surface area (Å²) >= 11 is 0.775. The van der Waals surface area contributed by atoms with Gasteiger partial charge in [0.1, 0.15) is 0 Å². The first-order chi connectivity index (χ1) is 6.51. The van der Waals surface area contributed by atoms with Gasteiger partial charge in [-0.3, -0.25) is 4.79 Å². The fourth-order valence-corrected chi connectivity index (χ4v) is 2.69. The molecule has 14 heavy (non-hydrogen) atoms. The van der Waals surface area contributed by atoms with Crippen molar-refractivity contribution in [2.45, 2.75) is 11.3 Å². The molecule has 0 aromatic carbocycles. The van der Waals surface area contributed by atoms with Crippen LogP contribution < -0.4 is 5.32 Å². The average molecular weight is 235 g/mol. The minimum absolute atomic E-state index is 0.0463. The normalized spacial score (nSPS) is 11.3. The Bertz CT molecular complexity index is 437. The van der Waals surface area contributed by atoms with Crippen molar-refractivity contribution in [3.8, 4) is 0 Å². The fourth-order valence-electron chi connectivity index (χ4n) is 0.658. The molecule has 1 N–H and O–H groups in total. The van der Waals surface area contributed by atoms with E-state index in [9.17, 15) is 13.2 Å². The topological polar surface area (TPSA) is 89.0 Å². The van der Waals surface area contributed by atoms with Crippen molar-refractivity contribution in [1.29, 1.82) is 0 Å². The van der Waals surface area contributed by atoms with E-state index in [0.29, 0.717) is 0 Å². The number of amides is 1. The van der Waals surface area contributed by atoms with Crippen LogP contribution in [0.15, 0.2) is 4.34 Å². The number of hydrogen-bond acceptors (Lipinski definition) is 6. The Morgan fingerprint density at radius 1 is 1.50 bits per heavy atom. The van der Waals surface area contributed by atoms with E-state index in [4.69, 9.17) is 0 Å². The maximum atomic E-state index is 11.3. The van der Waals surface area contributed by atoms with Gasteiger partial charge >= 0.3 is 0 Å². The maximum absolute atomic E-state index is 11.3. The first-order valence-corrected chi connectivity index (χ1v) is 6.26. The molecule has 0 fully saturated rings. The smallest absolute Gasteiger partial charge is 0.282 e. The van der Waals surface area contributed by atoms with Crippen LogP contribution in [-0.4, -0.2) is 37.3 Å². The third-order valence-electron chi connectivity index (χ3n) is 1.47. The first-order valence-electron chi connectivity index (χ1n) is 3.79. The third-order valence-corrected chi connectivity index (χ3v) is 4.58. The van der Waals surface area contributed by atoms with Crippen LogP contribution in [0, 0.1) is 0 Å². The zero-order chi connectivity index (χ0) is 10.8. The molecule has 1 heterocycles. The van der Waals surface area contributed by atoms with Crippen LogP contribution in [0.2, 0.25) is 0 Å². The molecular weight excluding hydrogens is 226 g/mol. The summed E-state index contributed by atoms with van der Waals surface area (Å²) < 4.78 is 22.5. The first kappa shape index (κ1) is 11.1. The molecule has 0 unspecified atom stereocenters. The van der Waals surface area contributed by atoms with Gasteiger partial charge in [0.25, 0.3) is 5.91 Å². The van der Waals surface area contributed by atoms with E-state index < -0.39 is 15.7 Å². The molecule has 0 aliphatic rings. The molecule has 8 heteroatoms. The standard InChI is InChI=1S/C6H9N3O3S2/c1-3-14(11,12)6-9-8-5(13-6)4(10)7-2/h3H2,1-2H3,(H,7,10). The van der Waals surface area contributed by atoms with Crippen molar-refractivity contribution in [3.05, 3.63) is 5.01 Å². The number of sulfone groups is 1. The molecule has 78 valence electrons. The Kier molecular flexibility index (Phi) is 3.17. The lowest BCUT2D eigenvalue weighted by atomic mass is 10.6. The monoisotopic (exact) mass is 235 g/mol. The summed E-state index contributed by atoms with van der Waals surface area (Å²) in [6.07, 6.45) is 0. The van der Waals surface area contributed by atoms with Crippen LogP contribution in [-0.2, 0) is 9.84 Å². The van der Waals surface area contributed by atoms with Crippen LogP contribution in [0.5, 0.6) is 0 Å². The van der Waals surface area contributed by atoms with Gasteiger partial charge in [-0.15, -0.1) is 10.2 Å². The average Bonchev–Trinajstić information content (AvgIpc) is 2.66. The van der Waals surface area contributed by atoms with E-state index in [2.05, 4.69) is 15.5 Å². The van der Waals surface area contributed by atoms with E-state index in [1.165, 1.54) is 14.0 Å². The van der Waals surface area contributed by atoms with Gasteiger partial charge in [-0.25, -0.2) is 8.42 Å². The SMILES string of the molecule is CCS(=O)(=O)c1nnc(C(=O)NC)s1. The Morgan fingerprint density at radius 2 is 2.14 bits per heavy atom. The lowest BCUT2D eigenvalue weighted by Crippen LogP contribution is -2.17. The number of nitrogens with one attached hydrogen (secondary N) is 1. The molecule has 1 rings (SSSR count). The van der Waals surface area contributed by atoms with Crippen molar-refractivity contribution in [2.75, 3.05) is 12.8 Å². The molecule has 0 atom stereocenters. The second-order valence-electron chi connectivity index (χ2n) is 2.36. The largest absolute Gasteiger partial charge is 0.353 e. The van der Waals surface area contributed by atoms with E-state index in [1.807, 2.05) is 0 Å². The van der Waals surface area contributed by atoms with E-state index in [1.54, 1.807) is 0 Å². The van der Waals surface area contributed by atoms with Crippen molar-refractivity contribution in [3.63, 3.8) is 0 Å². The Labute approximate surface area is 85.3 Å². The van der Waals surface area contributed by atoms with E-state index in [0.717, 1.165) is 11.3 Å². The summed E-state index contributed by atoms with van der Waals surface area (Å²) in [4.78, 5) is 11.0. The summed E-state index contributed by atoms with van der Waals surface area (Å²) in [6, 6.07) is 0. The Morgan fingerprint density at radius 3 is 2.64 bits per heavy atom. The molecule has 0 bridgehead atoms. The van der Waals surface area contributed by atoms with Crippen LogP contribution >= 0.6 is 11.3 Å². The number of rotatable bonds is 3. The lowest BCUT2D eigenvalue weighted by molar-refractivity contribution is 0.0962. The summed E-state index contributed by atoms with van der Waals surface area (Å²) in [7, 11) is -1.91. The third kappa shape index (κ3) is 2.07. The van der Waals surface area contributed by atoms with Gasteiger partial charge in [0.05, 0.1) is 5.75 Å². The van der Waals surface area contributed by atoms with Gasteiger partial charge in [-0.2, -0.15) is 0 Å². The summed E-state index contributed by atoms with van der Waals surface area (Å²) in [5.74, 6) is -0.477. The van der Waals surface area contributed by atoms with Gasteiger partial charge in [-0.05, 0) is 0 Å². The number of carbonyl (C=O) groups is 1. The van der Waals surface area contributed by atoms with Crippen molar-refractivity contribution < 1.29 is 13.2 Å². The predicted molar refractivity (Wildman–Crippen MR) is 51.0 cm³/mol. The molecule has 0 saturated heterocycles. The Balaban J connectivity index is 3.06. The molecule has 0 spiro atoms. The predicted octanol–water partition coefficient (Wildman–Crippen LogP) is -0.309. The minimum Gasteiger partial charge on any atom is -0.353 e. The van der Waals surface area contributed by atoms with Gasteiger partial charge in [0, 0.05) is 7.05 Å². The summed E-state index contributed by atoms with van der Waals surface area (Å²) in [5.41, 5.74) is 0. The zero-order valence-corrected chi connectivity index (χ0v) is 9.28. The molecular formula is C6H9N3O3S2. The van der Waals surface area contributed by atoms with Gasteiger partial charge in [0.15, 0.2) is 0 Å². The highest BCUT2D eigenvalue weighted by Crippen LogP contribution is 2.16. The van der Waals surface area contributed by atoms with Crippen LogP contribution in [0.25, 0.3) is 0 Å². The molecule has 0 radical (unpaired) electrons. The molecule has 6 nitrogen and oxygen atoms in total. The van der Waals surface area contributed by atoms with Gasteiger partial charge in [-0.1, -0.05) is 18.3 Å². The number of nitrogens with zero attached hydrogens (tertiary/aromatic N) is 2. The molecule has 1 aromatic rings. The van der Waals surface area contributed by atoms with Crippen LogP contribution in [0.3, 0.4) is 0 Å². The van der Waals surface area contributed by atoms with Crippen molar-refractivity contribution in [2.24, 2.45) is 0 Å². The minimum atomic E-state index is -3.35. The Hall–Kier alpha value is -1.02. The summed E-state index contributed by atoms with van der Waals surface area (Å²) in [5, 5.41) is 9.32. The van der Waals surface area contributed by atoms with Crippen molar-refractivity contribution >= 4 is 27.1 Å². The second kappa shape index (κ2) is 4.01. The lowest BCUT2D eigenvalue weighted by Gasteiger charge is -1.91. The van der Waals surface area contributed by atoms with Crippen molar-refractivity contribution in [1.82, 2.24) is 15.5 Å². The highest BCUT2D eigenvalue weighted by atomic mass is 32.2. The maximum Gasteiger partial charge on any atom is 0.282 e. The summed E-state index contributed by atoms with van der Waals surface area (Å²) in [6.45, 7) is 1.51. The molecule has 0 aliphatic carbocycles. The van der Waals surface area contributed by atoms with Crippen LogP contribution in [0.4, 0.5) is 0 Å². The van der Waals surface area contributed by atoms with Gasteiger partial charge < -0.3 is 5.32 Å². The molecule has 1 amide bonds. The van der Waals surface area contributed by atoms with E-state index >= 15 is 0 Å². The molecule has 0 saturated carbocycles. The van der Waals surface area contributed by atoms with Gasteiger partial charge in [0.2, 0.25) is 19.2 Å². The number of hydrogen-bond donors (Lipinski definition) is 1. The zero-order valence-electron chi connectivity index (χ0n) is 7.64.